The van der Waals surface area contributed by atoms with Gasteiger partial charge in [-0.15, -0.1) is 0 Å². The number of hydrazone groups is 1. The van der Waals surface area contributed by atoms with Crippen LogP contribution < -0.4 is 5.43 Å². The normalized spacial score (nSPS) is 16.6. The highest BCUT2D eigenvalue weighted by molar-refractivity contribution is 7.89. The second-order valence-corrected chi connectivity index (χ2v) is 8.48. The fourth-order valence-electron chi connectivity index (χ4n) is 2.91. The fourth-order valence-corrected chi connectivity index (χ4v) is 4.34. The van der Waals surface area contributed by atoms with E-state index >= 15 is 0 Å². The maximum absolute atomic E-state index is 12.7. The second-order valence-electron chi connectivity index (χ2n) is 6.54. The Morgan fingerprint density at radius 1 is 1.21 bits per heavy atom. The van der Waals surface area contributed by atoms with Gasteiger partial charge < -0.3 is 4.74 Å². The Balaban J connectivity index is 1.79. The summed E-state index contributed by atoms with van der Waals surface area (Å²) < 4.78 is 31.9. The summed E-state index contributed by atoms with van der Waals surface area (Å²) in [5.74, 6) is 0.00345. The number of nitro benzene ring substituents is 1. The van der Waals surface area contributed by atoms with Crippen molar-refractivity contribution in [2.24, 2.45) is 5.10 Å². The van der Waals surface area contributed by atoms with Crippen LogP contribution in [-0.2, 0) is 14.8 Å². The summed E-state index contributed by atoms with van der Waals surface area (Å²) >= 11 is 0. The number of nitrogens with one attached hydrogen (secondary N) is 1. The fraction of sp³-hybridized carbons (Fsp3) is 0.316. The van der Waals surface area contributed by atoms with Crippen LogP contribution >= 0.6 is 0 Å². The molecule has 0 saturated carbocycles. The molecule has 2 aromatic carbocycles. The van der Waals surface area contributed by atoms with Gasteiger partial charge >= 0.3 is 0 Å². The van der Waals surface area contributed by atoms with Crippen molar-refractivity contribution in [1.82, 2.24) is 4.31 Å². The van der Waals surface area contributed by atoms with Crippen LogP contribution in [0.2, 0.25) is 0 Å². The van der Waals surface area contributed by atoms with Crippen LogP contribution in [-0.4, -0.2) is 50.2 Å². The molecule has 1 saturated heterocycles. The summed E-state index contributed by atoms with van der Waals surface area (Å²) in [4.78, 5) is 10.7. The molecular weight excluding hydrogens is 396 g/mol. The van der Waals surface area contributed by atoms with Crippen LogP contribution in [0.25, 0.3) is 0 Å². The molecule has 2 aromatic rings. The number of ether oxygens (including phenoxy) is 1. The Labute approximate surface area is 169 Å². The van der Waals surface area contributed by atoms with E-state index < -0.39 is 14.9 Å². The van der Waals surface area contributed by atoms with E-state index in [4.69, 9.17) is 4.74 Å². The van der Waals surface area contributed by atoms with Gasteiger partial charge in [0.05, 0.1) is 23.0 Å². The summed E-state index contributed by atoms with van der Waals surface area (Å²) in [6, 6.07) is 13.4. The molecule has 1 aliphatic rings. The predicted molar refractivity (Wildman–Crippen MR) is 110 cm³/mol. The minimum absolute atomic E-state index is 0.00345. The monoisotopic (exact) mass is 418 g/mol. The number of sulfonamides is 1. The lowest BCUT2D eigenvalue weighted by Gasteiger charge is -2.26. The smallest absolute Gasteiger partial charge is 0.295 e. The molecule has 1 N–H and O–H groups in total. The summed E-state index contributed by atoms with van der Waals surface area (Å²) in [5, 5.41) is 15.6. The van der Waals surface area contributed by atoms with E-state index in [1.54, 1.807) is 6.21 Å². The molecule has 0 aromatic heterocycles. The largest absolute Gasteiger partial charge is 0.379 e. The zero-order chi connectivity index (χ0) is 20.9. The van der Waals surface area contributed by atoms with Crippen molar-refractivity contribution in [2.75, 3.05) is 31.7 Å². The molecule has 1 fully saturated rings. The van der Waals surface area contributed by atoms with Gasteiger partial charge in [0, 0.05) is 31.3 Å². The van der Waals surface area contributed by atoms with Crippen molar-refractivity contribution in [3.8, 4) is 0 Å². The molecule has 1 aliphatic heterocycles. The molecule has 10 heteroatoms. The number of nitro groups is 1. The highest BCUT2D eigenvalue weighted by Crippen LogP contribution is 2.29. The number of nitrogens with zero attached hydrogens (tertiary/aromatic N) is 3. The number of anilines is 1. The van der Waals surface area contributed by atoms with Gasteiger partial charge in [-0.1, -0.05) is 37.3 Å². The van der Waals surface area contributed by atoms with E-state index in [9.17, 15) is 18.5 Å². The maximum atomic E-state index is 12.7. The summed E-state index contributed by atoms with van der Waals surface area (Å²) in [5.41, 5.74) is 3.47. The summed E-state index contributed by atoms with van der Waals surface area (Å²) in [7, 11) is -3.82. The van der Waals surface area contributed by atoms with Gasteiger partial charge in [0.15, 0.2) is 0 Å². The van der Waals surface area contributed by atoms with Gasteiger partial charge in [-0.2, -0.15) is 9.41 Å². The van der Waals surface area contributed by atoms with E-state index in [-0.39, 0.29) is 35.3 Å². The average molecular weight is 418 g/mol. The first-order chi connectivity index (χ1) is 13.9. The van der Waals surface area contributed by atoms with Crippen LogP contribution in [0.3, 0.4) is 0 Å². The Morgan fingerprint density at radius 2 is 1.90 bits per heavy atom. The zero-order valence-corrected chi connectivity index (χ0v) is 16.7. The van der Waals surface area contributed by atoms with Gasteiger partial charge in [0.1, 0.15) is 5.69 Å². The van der Waals surface area contributed by atoms with Crippen molar-refractivity contribution in [3.63, 3.8) is 0 Å². The molecule has 1 atom stereocenters. The predicted octanol–water partition coefficient (Wildman–Crippen LogP) is 2.82. The minimum atomic E-state index is -3.82. The molecule has 0 amide bonds. The second kappa shape index (κ2) is 9.12. The molecule has 0 radical (unpaired) electrons. The van der Waals surface area contributed by atoms with Crippen LogP contribution in [0.15, 0.2) is 58.5 Å². The van der Waals surface area contributed by atoms with Crippen molar-refractivity contribution in [2.45, 2.75) is 17.7 Å². The van der Waals surface area contributed by atoms with Crippen molar-refractivity contribution >= 4 is 27.6 Å². The third-order valence-corrected chi connectivity index (χ3v) is 6.48. The summed E-state index contributed by atoms with van der Waals surface area (Å²) in [6.07, 6.45) is 1.64. The first kappa shape index (κ1) is 20.9. The van der Waals surface area contributed by atoms with Crippen LogP contribution in [0.5, 0.6) is 0 Å². The summed E-state index contributed by atoms with van der Waals surface area (Å²) in [6.45, 7) is 2.99. The molecule has 1 unspecified atom stereocenters. The maximum Gasteiger partial charge on any atom is 0.295 e. The van der Waals surface area contributed by atoms with E-state index in [1.165, 1.54) is 16.4 Å². The Kier molecular flexibility index (Phi) is 6.57. The molecule has 0 spiro atoms. The number of hydrogen-bond donors (Lipinski definition) is 1. The molecule has 3 rings (SSSR count). The van der Waals surface area contributed by atoms with Gasteiger partial charge in [0.2, 0.25) is 10.0 Å². The molecule has 29 heavy (non-hydrogen) atoms. The molecule has 9 nitrogen and oxygen atoms in total. The molecule has 0 aliphatic carbocycles. The lowest BCUT2D eigenvalue weighted by molar-refractivity contribution is -0.384. The third-order valence-electron chi connectivity index (χ3n) is 4.58. The minimum Gasteiger partial charge on any atom is -0.379 e. The van der Waals surface area contributed by atoms with Crippen molar-refractivity contribution in [3.05, 3.63) is 64.2 Å². The van der Waals surface area contributed by atoms with Crippen molar-refractivity contribution < 1.29 is 18.1 Å². The first-order valence-corrected chi connectivity index (χ1v) is 10.5. The van der Waals surface area contributed by atoms with Gasteiger partial charge in [-0.25, -0.2) is 8.42 Å². The van der Waals surface area contributed by atoms with Crippen LogP contribution in [0.4, 0.5) is 11.4 Å². The third kappa shape index (κ3) is 4.97. The van der Waals surface area contributed by atoms with E-state index in [1.807, 2.05) is 37.3 Å². The van der Waals surface area contributed by atoms with Gasteiger partial charge in [-0.05, 0) is 17.7 Å². The average Bonchev–Trinajstić information content (AvgIpc) is 2.74. The molecule has 1 heterocycles. The standard InChI is InChI=1S/C19H22N4O5S/c1-15(16-5-3-2-4-6-16)14-20-21-18-8-7-17(13-19(18)23(24)25)29(26,27)22-9-11-28-12-10-22/h2-8,13-15,21H,9-12H2,1H3. The number of morpholine rings is 1. The SMILES string of the molecule is CC(C=NNc1ccc(S(=O)(=O)N2CCOCC2)cc1[N+](=O)[O-])c1ccccc1. The number of hydrogen-bond acceptors (Lipinski definition) is 7. The molecule has 0 bridgehead atoms. The van der Waals surface area contributed by atoms with Crippen LogP contribution in [0.1, 0.15) is 18.4 Å². The number of benzene rings is 2. The van der Waals surface area contributed by atoms with Gasteiger partial charge in [0.25, 0.3) is 5.69 Å². The highest BCUT2D eigenvalue weighted by atomic mass is 32.2. The van der Waals surface area contributed by atoms with Crippen LogP contribution in [0, 0.1) is 10.1 Å². The van der Waals surface area contributed by atoms with E-state index in [0.29, 0.717) is 13.2 Å². The molecular formula is C19H22N4O5S. The highest BCUT2D eigenvalue weighted by Gasteiger charge is 2.28. The Bertz CT molecular complexity index is 989. The van der Waals surface area contributed by atoms with E-state index in [0.717, 1.165) is 11.6 Å². The lowest BCUT2D eigenvalue weighted by atomic mass is 10.0. The Hall–Kier alpha value is -2.82. The van der Waals surface area contributed by atoms with E-state index in [2.05, 4.69) is 10.5 Å². The van der Waals surface area contributed by atoms with Crippen molar-refractivity contribution in [1.29, 1.82) is 0 Å². The molecule has 154 valence electrons. The number of rotatable bonds is 7. The first-order valence-electron chi connectivity index (χ1n) is 9.10. The quantitative estimate of drug-likeness (QED) is 0.420. The lowest BCUT2D eigenvalue weighted by Crippen LogP contribution is -2.40. The zero-order valence-electron chi connectivity index (χ0n) is 15.9. The van der Waals surface area contributed by atoms with Gasteiger partial charge in [-0.3, -0.25) is 15.5 Å². The topological polar surface area (TPSA) is 114 Å². The Morgan fingerprint density at radius 3 is 2.55 bits per heavy atom.